The number of benzene rings is 2. The lowest BCUT2D eigenvalue weighted by Gasteiger charge is -2.17. The molecule has 0 atom stereocenters. The molecule has 0 aliphatic heterocycles. The number of amides is 2. The lowest BCUT2D eigenvalue weighted by atomic mass is 10.1. The van der Waals surface area contributed by atoms with Crippen LogP contribution in [0.5, 0.6) is 0 Å². The Morgan fingerprint density at radius 3 is 2.36 bits per heavy atom. The van der Waals surface area contributed by atoms with Gasteiger partial charge in [-0.1, -0.05) is 32.0 Å². The molecule has 8 nitrogen and oxygen atoms in total. The molecule has 2 aromatic carbocycles. The van der Waals surface area contributed by atoms with Gasteiger partial charge in [-0.3, -0.25) is 14.4 Å². The number of carbonyl (C=O) groups excluding carboxylic acids is 2. The monoisotopic (exact) mass is 498 g/mol. The second kappa shape index (κ2) is 9.68. The second-order valence-electron chi connectivity index (χ2n) is 8.42. The Kier molecular flexibility index (Phi) is 6.65. The minimum absolute atomic E-state index is 0.0352. The third-order valence-electron chi connectivity index (χ3n) is 5.20. The fourth-order valence-corrected chi connectivity index (χ4v) is 3.62. The van der Waals surface area contributed by atoms with E-state index >= 15 is 0 Å². The lowest BCUT2D eigenvalue weighted by Crippen LogP contribution is -2.29. The maximum absolute atomic E-state index is 13.9. The van der Waals surface area contributed by atoms with E-state index in [2.05, 4.69) is 15.7 Å². The summed E-state index contributed by atoms with van der Waals surface area (Å²) in [6.45, 7) is 3.96. The number of halogens is 3. The summed E-state index contributed by atoms with van der Waals surface area (Å²) in [5.74, 6) is -1.68. The number of hydrogen-bond acceptors (Lipinski definition) is 5. The maximum Gasteiger partial charge on any atom is 0.418 e. The minimum Gasteiger partial charge on any atom is -0.459 e. The van der Waals surface area contributed by atoms with Gasteiger partial charge in [0, 0.05) is 17.6 Å². The molecule has 0 aliphatic carbocycles. The average molecular weight is 498 g/mol. The van der Waals surface area contributed by atoms with E-state index in [0.29, 0.717) is 6.07 Å². The summed E-state index contributed by atoms with van der Waals surface area (Å²) in [7, 11) is 0. The fourth-order valence-electron chi connectivity index (χ4n) is 3.62. The number of hydrogen-bond donors (Lipinski definition) is 2. The molecule has 2 aromatic heterocycles. The van der Waals surface area contributed by atoms with Crippen LogP contribution < -0.4 is 16.2 Å². The highest BCUT2D eigenvalue weighted by Gasteiger charge is 2.35. The molecule has 0 radical (unpaired) electrons. The fraction of sp³-hybridized carbons (Fsp3) is 0.200. The Hall–Kier alpha value is -4.41. The third-order valence-corrected chi connectivity index (χ3v) is 5.20. The summed E-state index contributed by atoms with van der Waals surface area (Å²) in [4.78, 5) is 38.1. The maximum atomic E-state index is 13.9. The number of carbonyl (C=O) groups is 2. The SMILES string of the molecule is CC(C)Cn1nc(C(=O)Nc2ccc(NC(=O)c3ccco3)cc2C(F)(F)F)c2ccccc2c1=O. The zero-order chi connectivity index (χ0) is 26.0. The smallest absolute Gasteiger partial charge is 0.418 e. The van der Waals surface area contributed by atoms with Crippen LogP contribution in [-0.2, 0) is 12.7 Å². The van der Waals surface area contributed by atoms with Gasteiger partial charge in [-0.15, -0.1) is 0 Å². The standard InChI is InChI=1S/C25H21F3N4O4/c1-14(2)13-32-24(35)17-7-4-3-6-16(17)21(31-32)23(34)30-19-10-9-15(12-18(19)25(26,27)28)29-22(33)20-8-5-11-36-20/h3-12,14H,13H2,1-2H3,(H,29,33)(H,30,34). The van der Waals surface area contributed by atoms with Crippen LogP contribution in [0.3, 0.4) is 0 Å². The van der Waals surface area contributed by atoms with E-state index in [0.717, 1.165) is 10.7 Å². The third kappa shape index (κ3) is 5.14. The second-order valence-corrected chi connectivity index (χ2v) is 8.42. The number of anilines is 2. The summed E-state index contributed by atoms with van der Waals surface area (Å²) in [6, 6.07) is 12.1. The number of nitrogens with one attached hydrogen (secondary N) is 2. The van der Waals surface area contributed by atoms with Crippen molar-refractivity contribution in [2.24, 2.45) is 5.92 Å². The van der Waals surface area contributed by atoms with Gasteiger partial charge in [-0.25, -0.2) is 4.68 Å². The van der Waals surface area contributed by atoms with E-state index in [1.165, 1.54) is 36.6 Å². The van der Waals surface area contributed by atoms with Gasteiger partial charge in [0.25, 0.3) is 17.4 Å². The van der Waals surface area contributed by atoms with Gasteiger partial charge in [0.15, 0.2) is 11.5 Å². The molecule has 0 saturated heterocycles. The number of rotatable bonds is 6. The summed E-state index contributed by atoms with van der Waals surface area (Å²) in [5, 5.41) is 9.20. The average Bonchev–Trinajstić information content (AvgIpc) is 3.36. The van der Waals surface area contributed by atoms with Crippen molar-refractivity contribution in [3.05, 3.63) is 88.2 Å². The molecule has 0 aliphatic rings. The number of alkyl halides is 3. The topological polar surface area (TPSA) is 106 Å². The molecule has 0 saturated carbocycles. The number of aromatic nitrogens is 2. The molecule has 0 unspecified atom stereocenters. The summed E-state index contributed by atoms with van der Waals surface area (Å²) < 4.78 is 47.7. The molecule has 4 rings (SSSR count). The minimum atomic E-state index is -4.85. The molecule has 11 heteroatoms. The first kappa shape index (κ1) is 24.7. The summed E-state index contributed by atoms with van der Waals surface area (Å²) in [5.41, 5.74) is -2.43. The first-order valence-corrected chi connectivity index (χ1v) is 10.9. The Morgan fingerprint density at radius 2 is 1.72 bits per heavy atom. The van der Waals surface area contributed by atoms with Crippen molar-refractivity contribution in [1.29, 1.82) is 0 Å². The Labute approximate surface area is 202 Å². The van der Waals surface area contributed by atoms with Crippen LogP contribution in [0.15, 0.2) is 70.1 Å². The Morgan fingerprint density at radius 1 is 1.00 bits per heavy atom. The highest BCUT2D eigenvalue weighted by Crippen LogP contribution is 2.37. The van der Waals surface area contributed by atoms with Gasteiger partial charge in [-0.05, 0) is 42.3 Å². The quantitative estimate of drug-likeness (QED) is 0.382. The van der Waals surface area contributed by atoms with Crippen LogP contribution in [0.1, 0.15) is 40.5 Å². The number of furan rings is 1. The molecular formula is C25H21F3N4O4. The van der Waals surface area contributed by atoms with Crippen molar-refractivity contribution in [3.8, 4) is 0 Å². The van der Waals surface area contributed by atoms with Crippen molar-refractivity contribution >= 4 is 34.0 Å². The number of fused-ring (bicyclic) bond motifs is 1. The van der Waals surface area contributed by atoms with Crippen molar-refractivity contribution in [3.63, 3.8) is 0 Å². The van der Waals surface area contributed by atoms with E-state index in [1.807, 2.05) is 13.8 Å². The van der Waals surface area contributed by atoms with E-state index in [9.17, 15) is 27.6 Å². The van der Waals surface area contributed by atoms with Gasteiger partial charge in [0.05, 0.1) is 22.9 Å². The number of nitrogens with zero attached hydrogens (tertiary/aromatic N) is 2. The van der Waals surface area contributed by atoms with Gasteiger partial charge in [0.2, 0.25) is 0 Å². The summed E-state index contributed by atoms with van der Waals surface area (Å²) >= 11 is 0. The zero-order valence-corrected chi connectivity index (χ0v) is 19.2. The van der Waals surface area contributed by atoms with Crippen molar-refractivity contribution in [1.82, 2.24) is 9.78 Å². The van der Waals surface area contributed by atoms with Gasteiger partial charge in [-0.2, -0.15) is 18.3 Å². The van der Waals surface area contributed by atoms with Crippen LogP contribution >= 0.6 is 0 Å². The predicted molar refractivity (Wildman–Crippen MR) is 127 cm³/mol. The largest absolute Gasteiger partial charge is 0.459 e. The Balaban J connectivity index is 1.71. The van der Waals surface area contributed by atoms with Gasteiger partial charge in [0.1, 0.15) is 0 Å². The molecule has 36 heavy (non-hydrogen) atoms. The van der Waals surface area contributed by atoms with Crippen LogP contribution in [0.4, 0.5) is 24.5 Å². The highest BCUT2D eigenvalue weighted by molar-refractivity contribution is 6.11. The van der Waals surface area contributed by atoms with E-state index < -0.39 is 34.8 Å². The molecule has 0 fully saturated rings. The van der Waals surface area contributed by atoms with Crippen LogP contribution in [0.25, 0.3) is 10.8 Å². The Bertz CT molecular complexity index is 1490. The normalized spacial score (nSPS) is 11.6. The molecule has 2 N–H and O–H groups in total. The van der Waals surface area contributed by atoms with Crippen molar-refractivity contribution in [2.45, 2.75) is 26.6 Å². The van der Waals surface area contributed by atoms with E-state index in [4.69, 9.17) is 4.42 Å². The van der Waals surface area contributed by atoms with Crippen LogP contribution in [-0.4, -0.2) is 21.6 Å². The first-order chi connectivity index (χ1) is 17.0. The van der Waals surface area contributed by atoms with E-state index in [-0.39, 0.29) is 40.4 Å². The molecule has 186 valence electrons. The van der Waals surface area contributed by atoms with E-state index in [1.54, 1.807) is 12.1 Å². The lowest BCUT2D eigenvalue weighted by molar-refractivity contribution is -0.136. The molecule has 0 bridgehead atoms. The predicted octanol–water partition coefficient (Wildman–Crippen LogP) is 5.17. The molecular weight excluding hydrogens is 477 g/mol. The zero-order valence-electron chi connectivity index (χ0n) is 19.2. The molecule has 2 heterocycles. The highest BCUT2D eigenvalue weighted by atomic mass is 19.4. The first-order valence-electron chi connectivity index (χ1n) is 10.9. The van der Waals surface area contributed by atoms with Crippen LogP contribution in [0.2, 0.25) is 0 Å². The van der Waals surface area contributed by atoms with Crippen molar-refractivity contribution < 1.29 is 27.2 Å². The summed E-state index contributed by atoms with van der Waals surface area (Å²) in [6.07, 6.45) is -3.59. The molecule has 4 aromatic rings. The molecule has 2 amide bonds. The van der Waals surface area contributed by atoms with Gasteiger partial charge < -0.3 is 15.1 Å². The van der Waals surface area contributed by atoms with Crippen molar-refractivity contribution in [2.75, 3.05) is 10.6 Å². The van der Waals surface area contributed by atoms with Gasteiger partial charge >= 0.3 is 6.18 Å². The van der Waals surface area contributed by atoms with Crippen LogP contribution in [0, 0.1) is 5.92 Å². The molecule has 0 spiro atoms.